The zero-order valence-corrected chi connectivity index (χ0v) is 37.6. The quantitative estimate of drug-likeness (QED) is 0.206. The van der Waals surface area contributed by atoms with Gasteiger partial charge in [-0.25, -0.2) is 0 Å². The van der Waals surface area contributed by atoms with Crippen molar-refractivity contribution in [3.8, 4) is 0 Å². The minimum atomic E-state index is -4.15. The van der Waals surface area contributed by atoms with Crippen LogP contribution in [0.2, 0.25) is 0 Å². The summed E-state index contributed by atoms with van der Waals surface area (Å²) in [6.07, 6.45) is 0. The molecule has 0 aromatic carbocycles. The average Bonchev–Trinajstić information content (AvgIpc) is 2.62. The van der Waals surface area contributed by atoms with Crippen molar-refractivity contribution in [1.82, 2.24) is 0 Å². The van der Waals surface area contributed by atoms with Crippen LogP contribution in [0.5, 0.6) is 0 Å². The molecular formula is Al4CaNa2O24Si8. The van der Waals surface area contributed by atoms with Gasteiger partial charge in [-0.15, -0.1) is 0 Å². The third-order valence-corrected chi connectivity index (χ3v) is 33.9. The van der Waals surface area contributed by atoms with Crippen molar-refractivity contribution in [3.63, 3.8) is 0 Å². The molecule has 39 heavy (non-hydrogen) atoms. The Labute approximate surface area is 323 Å². The van der Waals surface area contributed by atoms with Crippen LogP contribution in [-0.2, 0) is 78.5 Å². The topological polar surface area (TPSA) is 308 Å². The van der Waals surface area contributed by atoms with Crippen LogP contribution in [0.15, 0.2) is 0 Å². The van der Waals surface area contributed by atoms with Crippen LogP contribution in [0, 0.1) is 0 Å². The van der Waals surface area contributed by atoms with Gasteiger partial charge < -0.3 is 0 Å². The maximum absolute atomic E-state index is 11.3. The van der Waals surface area contributed by atoms with E-state index in [1.165, 1.54) is 0 Å². The molecule has 6 aliphatic heterocycles. The first-order chi connectivity index (χ1) is 16.7. The molecule has 0 aromatic rings. The summed E-state index contributed by atoms with van der Waals surface area (Å²) >= 11 is -7.08. The molecule has 0 radical (unpaired) electrons. The summed E-state index contributed by atoms with van der Waals surface area (Å²) in [6, 6.07) is 0. The van der Waals surface area contributed by atoms with E-state index in [4.69, 9.17) is 49.4 Å². The molecule has 0 aromatic heterocycles. The number of rotatable bonds is 8. The molecule has 4 spiro atoms. The van der Waals surface area contributed by atoms with Gasteiger partial charge in [0, 0.05) is 0 Å². The van der Waals surface area contributed by atoms with Crippen LogP contribution in [0.25, 0.3) is 0 Å². The molecule has 0 atom stereocenters. The van der Waals surface area contributed by atoms with Crippen molar-refractivity contribution in [2.75, 3.05) is 0 Å². The van der Waals surface area contributed by atoms with Gasteiger partial charge in [-0.3, -0.25) is 0 Å². The summed E-state index contributed by atoms with van der Waals surface area (Å²) in [7, 11) is -30.9. The van der Waals surface area contributed by atoms with E-state index in [0.717, 1.165) is 0 Å². The second-order valence-electron chi connectivity index (χ2n) is 6.08. The molecule has 39 heteroatoms. The molecular weight excluding hydrogens is 803 g/mol. The van der Waals surface area contributed by atoms with Crippen LogP contribution in [0.1, 0.15) is 0 Å². The van der Waals surface area contributed by atoms with Crippen LogP contribution in [0.3, 0.4) is 0 Å². The van der Waals surface area contributed by atoms with E-state index in [9.17, 15) is 34.4 Å². The van der Waals surface area contributed by atoms with Crippen LogP contribution < -0.4 is 78.3 Å². The normalized spacial score (nSPS) is 48.5. The average molecular weight is 803 g/mol. The Bertz CT molecular complexity index is 796. The van der Waals surface area contributed by atoms with Crippen LogP contribution in [-0.4, -0.2) is 172 Å². The summed E-state index contributed by atoms with van der Waals surface area (Å²) in [4.78, 5) is 45.2. The van der Waals surface area contributed by atoms with Gasteiger partial charge in [-0.1, -0.05) is 0 Å². The van der Waals surface area contributed by atoms with Crippen LogP contribution in [0.4, 0.5) is 0 Å². The Hall–Kier alpha value is 4.88. The van der Waals surface area contributed by atoms with E-state index in [-0.39, 0.29) is 96.9 Å². The molecule has 24 nitrogen and oxygen atoms in total. The van der Waals surface area contributed by atoms with Crippen molar-refractivity contribution < 1.29 is 157 Å². The Kier molecular flexibility index (Phi) is 14.5. The number of hydrogen-bond donors (Lipinski definition) is 0. The molecule has 0 bridgehead atoms. The standard InChI is InChI=1S/4Al.Ca.2Na.2O10Si4.4O/c;;;;;;;2*1-11(2)5-13(6-11)9-14(10-13)7-12(3,4)8-14;;;;/q4*+1;+2;2*+1;2*-4;;;;. The molecule has 192 valence electrons. The van der Waals surface area contributed by atoms with Gasteiger partial charge in [0.05, 0.1) is 0 Å². The fraction of sp³-hybridized carbons (Fsp3) is 0. The predicted octanol–water partition coefficient (Wildman–Crippen LogP) is -17.3. The molecule has 0 unspecified atom stereocenters. The van der Waals surface area contributed by atoms with Gasteiger partial charge >= 0.3 is 329 Å². The second kappa shape index (κ2) is 14.2. The summed E-state index contributed by atoms with van der Waals surface area (Å²) in [6.45, 7) is 0. The summed E-state index contributed by atoms with van der Waals surface area (Å²) in [5.41, 5.74) is 0. The van der Waals surface area contributed by atoms with Crippen molar-refractivity contribution in [2.45, 2.75) is 0 Å². The zero-order valence-electron chi connectivity index (χ0n) is 18.8. The summed E-state index contributed by atoms with van der Waals surface area (Å²) in [5.74, 6) is 0. The van der Waals surface area contributed by atoms with E-state index in [2.05, 4.69) is 13.9 Å². The molecule has 6 aliphatic rings. The van der Waals surface area contributed by atoms with Crippen molar-refractivity contribution in [1.29, 1.82) is 0 Å². The Morgan fingerprint density at radius 1 is 0.385 bits per heavy atom. The van der Waals surface area contributed by atoms with Crippen LogP contribution >= 0.6 is 0 Å². The molecule has 6 heterocycles. The van der Waals surface area contributed by atoms with Gasteiger partial charge in [0.25, 0.3) is 0 Å². The minimum absolute atomic E-state index is 0. The predicted molar refractivity (Wildman–Crippen MR) is 94.9 cm³/mol. The SMILES string of the molecule is [Ca+2].[Na+].[Na+].[O]=[Al][O][Si]1([O-])O[Si]2(O1)O[Si]1(O[Si]([O-])([O][Al]=[O])O1)O2.[O]=[Al][O][Si]1([O-])O[Si]2(O1)O[Si]1(O[Si]([O-])([O][Al]=[O])O1)O2. The van der Waals surface area contributed by atoms with E-state index < -0.39 is 134 Å². The second-order valence-corrected chi connectivity index (χ2v) is 28.4. The fourth-order valence-corrected chi connectivity index (χ4v) is 33.3. The van der Waals surface area contributed by atoms with E-state index in [1.807, 2.05) is 0 Å². The third kappa shape index (κ3) is 8.31. The van der Waals surface area contributed by atoms with Gasteiger partial charge in [0.15, 0.2) is 0 Å². The number of hydrogen-bond acceptors (Lipinski definition) is 24. The van der Waals surface area contributed by atoms with E-state index >= 15 is 0 Å². The molecule has 6 rings (SSSR count). The van der Waals surface area contributed by atoms with E-state index in [1.54, 1.807) is 0 Å². The zero-order chi connectivity index (χ0) is 26.1. The maximum atomic E-state index is 11.3. The summed E-state index contributed by atoms with van der Waals surface area (Å²) in [5, 5.41) is 0. The molecule has 0 saturated carbocycles. The first kappa shape index (κ1) is 40.1. The van der Waals surface area contributed by atoms with Crippen molar-refractivity contribution in [3.05, 3.63) is 0 Å². The van der Waals surface area contributed by atoms with Gasteiger partial charge in [-0.2, -0.15) is 0 Å². The first-order valence-electron chi connectivity index (χ1n) is 8.42. The van der Waals surface area contributed by atoms with Gasteiger partial charge in [-0.05, 0) is 0 Å². The van der Waals surface area contributed by atoms with Gasteiger partial charge in [0.2, 0.25) is 0 Å². The molecule has 0 N–H and O–H groups in total. The Morgan fingerprint density at radius 2 is 0.538 bits per heavy atom. The van der Waals surface area contributed by atoms with Crippen molar-refractivity contribution >= 4 is 172 Å². The van der Waals surface area contributed by atoms with Crippen molar-refractivity contribution in [2.24, 2.45) is 0 Å². The van der Waals surface area contributed by atoms with E-state index in [0.29, 0.717) is 0 Å². The fourth-order valence-electron chi connectivity index (χ4n) is 2.64. The third-order valence-electron chi connectivity index (χ3n) is 3.77. The molecule has 6 fully saturated rings. The first-order valence-corrected chi connectivity index (χ1v) is 25.3. The molecule has 0 aliphatic carbocycles. The Balaban J connectivity index is 0.000000254. The molecule has 0 amide bonds. The monoisotopic (exact) mass is 802 g/mol. The Morgan fingerprint density at radius 3 is 0.667 bits per heavy atom. The van der Waals surface area contributed by atoms with Gasteiger partial charge in [0.1, 0.15) is 0 Å². The molecule has 6 saturated heterocycles. The summed E-state index contributed by atoms with van der Waals surface area (Å²) < 4.78 is 115.